The van der Waals surface area contributed by atoms with Crippen molar-refractivity contribution in [3.8, 4) is 0 Å². The van der Waals surface area contributed by atoms with Gasteiger partial charge in [0.1, 0.15) is 0 Å². The van der Waals surface area contributed by atoms with Gasteiger partial charge in [0.15, 0.2) is 0 Å². The molecule has 1 aromatic carbocycles. The van der Waals surface area contributed by atoms with Crippen molar-refractivity contribution in [2.75, 3.05) is 13.6 Å². The van der Waals surface area contributed by atoms with Gasteiger partial charge in [0.25, 0.3) is 0 Å². The molecule has 16 heavy (non-hydrogen) atoms. The topological polar surface area (TPSA) is 19.0 Å². The summed E-state index contributed by atoms with van der Waals surface area (Å²) in [5.41, 5.74) is 4.11. The van der Waals surface area contributed by atoms with Crippen molar-refractivity contribution in [2.45, 2.75) is 25.8 Å². The molecule has 3 rings (SSSR count). The number of hydrogen-bond acceptors (Lipinski definition) is 1. The van der Waals surface area contributed by atoms with Crippen LogP contribution in [0.25, 0.3) is 10.9 Å². The largest absolute Gasteiger partial charge is 0.361 e. The zero-order chi connectivity index (χ0) is 11.1. The first kappa shape index (κ1) is 9.91. The molecular formula is C14H18N2. The van der Waals surface area contributed by atoms with Crippen LogP contribution in [0, 0.1) is 6.92 Å². The molecule has 1 atom stereocenters. The average Bonchev–Trinajstić information content (AvgIpc) is 2.84. The van der Waals surface area contributed by atoms with Gasteiger partial charge >= 0.3 is 0 Å². The van der Waals surface area contributed by atoms with Crippen molar-refractivity contribution < 1.29 is 0 Å². The number of aromatic amines is 1. The third-order valence-electron chi connectivity index (χ3n) is 3.84. The highest BCUT2D eigenvalue weighted by Crippen LogP contribution is 2.35. The summed E-state index contributed by atoms with van der Waals surface area (Å²) in [6.45, 7) is 3.39. The van der Waals surface area contributed by atoms with Crippen LogP contribution in [0.1, 0.15) is 30.0 Å². The Balaban J connectivity index is 2.14. The van der Waals surface area contributed by atoms with Crippen LogP contribution in [-0.2, 0) is 0 Å². The Morgan fingerprint density at radius 2 is 2.25 bits per heavy atom. The van der Waals surface area contributed by atoms with E-state index in [-0.39, 0.29) is 0 Å². The predicted octanol–water partition coefficient (Wildman–Crippen LogP) is 3.24. The number of aryl methyl sites for hydroxylation is 1. The Hall–Kier alpha value is -1.28. The molecule has 84 valence electrons. The molecule has 1 fully saturated rings. The fraction of sp³-hybridized carbons (Fsp3) is 0.429. The first-order valence-electron chi connectivity index (χ1n) is 6.04. The number of nitrogens with one attached hydrogen (secondary N) is 1. The molecule has 2 heteroatoms. The molecule has 0 saturated carbocycles. The number of hydrogen-bond donors (Lipinski definition) is 1. The predicted molar refractivity (Wildman–Crippen MR) is 67.6 cm³/mol. The lowest BCUT2D eigenvalue weighted by molar-refractivity contribution is 0.319. The number of aromatic nitrogens is 1. The Kier molecular flexibility index (Phi) is 2.25. The van der Waals surface area contributed by atoms with Crippen LogP contribution in [0.5, 0.6) is 0 Å². The zero-order valence-electron chi connectivity index (χ0n) is 9.96. The number of rotatable bonds is 1. The summed E-state index contributed by atoms with van der Waals surface area (Å²) >= 11 is 0. The lowest BCUT2D eigenvalue weighted by Gasteiger charge is -2.18. The molecule has 1 N–H and O–H groups in total. The van der Waals surface area contributed by atoms with Gasteiger partial charge in [-0.25, -0.2) is 0 Å². The number of para-hydroxylation sites is 1. The third-order valence-corrected chi connectivity index (χ3v) is 3.84. The van der Waals surface area contributed by atoms with Crippen molar-refractivity contribution in [2.24, 2.45) is 0 Å². The lowest BCUT2D eigenvalue weighted by atomic mass is 10.0. The molecule has 0 aliphatic carbocycles. The molecule has 2 nitrogen and oxygen atoms in total. The quantitative estimate of drug-likeness (QED) is 0.772. The van der Waals surface area contributed by atoms with E-state index in [2.05, 4.69) is 48.3 Å². The van der Waals surface area contributed by atoms with Gasteiger partial charge in [0, 0.05) is 23.1 Å². The van der Waals surface area contributed by atoms with Gasteiger partial charge in [-0.2, -0.15) is 0 Å². The molecule has 1 saturated heterocycles. The van der Waals surface area contributed by atoms with E-state index in [4.69, 9.17) is 0 Å². The van der Waals surface area contributed by atoms with E-state index in [1.165, 1.54) is 41.4 Å². The number of H-pyrrole nitrogens is 1. The van der Waals surface area contributed by atoms with Crippen LogP contribution < -0.4 is 0 Å². The minimum Gasteiger partial charge on any atom is -0.361 e. The molecule has 0 unspecified atom stereocenters. The second kappa shape index (κ2) is 3.63. The van der Waals surface area contributed by atoms with Crippen molar-refractivity contribution in [3.05, 3.63) is 35.5 Å². The summed E-state index contributed by atoms with van der Waals surface area (Å²) in [5, 5.41) is 1.40. The summed E-state index contributed by atoms with van der Waals surface area (Å²) in [6, 6.07) is 7.17. The van der Waals surface area contributed by atoms with E-state index in [1.54, 1.807) is 0 Å². The maximum atomic E-state index is 3.43. The van der Waals surface area contributed by atoms with Gasteiger partial charge in [-0.15, -0.1) is 0 Å². The maximum Gasteiger partial charge on any atom is 0.0487 e. The normalized spacial score (nSPS) is 22.0. The summed E-state index contributed by atoms with van der Waals surface area (Å²) in [7, 11) is 2.23. The molecule has 0 bridgehead atoms. The number of benzene rings is 1. The van der Waals surface area contributed by atoms with Crippen LogP contribution in [-0.4, -0.2) is 23.5 Å². The molecule has 1 aliphatic heterocycles. The summed E-state index contributed by atoms with van der Waals surface area (Å²) < 4.78 is 0. The van der Waals surface area contributed by atoms with Gasteiger partial charge < -0.3 is 4.98 Å². The molecule has 1 aromatic heterocycles. The minimum absolute atomic E-state index is 0.607. The SMILES string of the molecule is Cc1cccc2c([C@@H]3CCCN3C)c[nH]c12. The summed E-state index contributed by atoms with van der Waals surface area (Å²) in [4.78, 5) is 5.89. The standard InChI is InChI=1S/C14H18N2/c1-10-5-3-6-11-12(9-15-14(10)11)13-7-4-8-16(13)2/h3,5-6,9,13,15H,4,7-8H2,1-2H3/t13-/m0/s1. The van der Waals surface area contributed by atoms with Crippen molar-refractivity contribution in [1.82, 2.24) is 9.88 Å². The van der Waals surface area contributed by atoms with E-state index in [0.29, 0.717) is 6.04 Å². The molecule has 1 aliphatic rings. The van der Waals surface area contributed by atoms with E-state index >= 15 is 0 Å². The van der Waals surface area contributed by atoms with Crippen LogP contribution in [0.3, 0.4) is 0 Å². The highest BCUT2D eigenvalue weighted by atomic mass is 15.1. The smallest absolute Gasteiger partial charge is 0.0487 e. The molecular weight excluding hydrogens is 196 g/mol. The number of nitrogens with zero attached hydrogens (tertiary/aromatic N) is 1. The monoisotopic (exact) mass is 214 g/mol. The van der Waals surface area contributed by atoms with Gasteiger partial charge in [-0.05, 0) is 44.5 Å². The highest BCUT2D eigenvalue weighted by molar-refractivity contribution is 5.86. The number of likely N-dealkylation sites (tertiary alicyclic amines) is 1. The minimum atomic E-state index is 0.607. The zero-order valence-corrected chi connectivity index (χ0v) is 9.96. The molecule has 0 radical (unpaired) electrons. The van der Waals surface area contributed by atoms with Gasteiger partial charge in [-0.1, -0.05) is 18.2 Å². The second-order valence-corrected chi connectivity index (χ2v) is 4.88. The molecule has 2 aromatic rings. The van der Waals surface area contributed by atoms with Crippen LogP contribution >= 0.6 is 0 Å². The highest BCUT2D eigenvalue weighted by Gasteiger charge is 2.24. The van der Waals surface area contributed by atoms with E-state index in [9.17, 15) is 0 Å². The third kappa shape index (κ3) is 1.37. The Bertz CT molecular complexity index is 512. The van der Waals surface area contributed by atoms with Crippen molar-refractivity contribution in [1.29, 1.82) is 0 Å². The van der Waals surface area contributed by atoms with Gasteiger partial charge in [0.05, 0.1) is 0 Å². The van der Waals surface area contributed by atoms with Crippen LogP contribution in [0.4, 0.5) is 0 Å². The lowest BCUT2D eigenvalue weighted by Crippen LogP contribution is -2.17. The molecule has 0 amide bonds. The average molecular weight is 214 g/mol. The fourth-order valence-electron chi connectivity index (χ4n) is 2.91. The Morgan fingerprint density at radius 1 is 1.38 bits per heavy atom. The molecule has 2 heterocycles. The van der Waals surface area contributed by atoms with Crippen LogP contribution in [0.15, 0.2) is 24.4 Å². The van der Waals surface area contributed by atoms with E-state index in [1.807, 2.05) is 0 Å². The van der Waals surface area contributed by atoms with Gasteiger partial charge in [0.2, 0.25) is 0 Å². The molecule has 0 spiro atoms. The summed E-state index contributed by atoms with van der Waals surface area (Å²) in [5.74, 6) is 0. The van der Waals surface area contributed by atoms with Crippen molar-refractivity contribution in [3.63, 3.8) is 0 Å². The fourth-order valence-corrected chi connectivity index (χ4v) is 2.91. The van der Waals surface area contributed by atoms with E-state index in [0.717, 1.165) is 0 Å². The van der Waals surface area contributed by atoms with E-state index < -0.39 is 0 Å². The van der Waals surface area contributed by atoms with Gasteiger partial charge in [-0.3, -0.25) is 4.90 Å². The summed E-state index contributed by atoms with van der Waals surface area (Å²) in [6.07, 6.45) is 4.81. The first-order chi connectivity index (χ1) is 7.77. The second-order valence-electron chi connectivity index (χ2n) is 4.88. The van der Waals surface area contributed by atoms with Crippen LogP contribution in [0.2, 0.25) is 0 Å². The Morgan fingerprint density at radius 3 is 3.00 bits per heavy atom. The van der Waals surface area contributed by atoms with Crippen molar-refractivity contribution >= 4 is 10.9 Å². The maximum absolute atomic E-state index is 3.43. The first-order valence-corrected chi connectivity index (χ1v) is 6.04. The number of fused-ring (bicyclic) bond motifs is 1. The Labute approximate surface area is 96.3 Å².